The second kappa shape index (κ2) is 8.33. The Kier molecular flexibility index (Phi) is 6.08. The van der Waals surface area contributed by atoms with E-state index in [1.807, 2.05) is 19.2 Å². The molecule has 0 radical (unpaired) electrons. The fraction of sp³-hybridized carbons (Fsp3) is 0.316. The minimum atomic E-state index is -3.74. The summed E-state index contributed by atoms with van der Waals surface area (Å²) >= 11 is 1.36. The molecule has 0 saturated carbocycles. The van der Waals surface area contributed by atoms with Crippen molar-refractivity contribution in [1.82, 2.24) is 4.90 Å². The van der Waals surface area contributed by atoms with E-state index in [1.54, 1.807) is 35.2 Å². The number of carbonyl (C=O) groups is 1. The van der Waals surface area contributed by atoms with Crippen LogP contribution in [0.15, 0.2) is 52.3 Å². The summed E-state index contributed by atoms with van der Waals surface area (Å²) in [5, 5.41) is 0. The number of hydrogen-bond acceptors (Lipinski definition) is 5. The average molecular weight is 407 g/mol. The highest BCUT2D eigenvalue weighted by atomic mass is 32.2. The van der Waals surface area contributed by atoms with Gasteiger partial charge in [-0.1, -0.05) is 12.1 Å². The topological polar surface area (TPSA) is 75.7 Å². The van der Waals surface area contributed by atoms with Crippen LogP contribution in [0, 0.1) is 6.92 Å². The van der Waals surface area contributed by atoms with E-state index in [4.69, 9.17) is 4.74 Å². The van der Waals surface area contributed by atoms with Gasteiger partial charge < -0.3 is 9.64 Å². The van der Waals surface area contributed by atoms with Gasteiger partial charge in [0.2, 0.25) is 0 Å². The van der Waals surface area contributed by atoms with Gasteiger partial charge in [0.05, 0.1) is 23.7 Å². The Bertz CT molecular complexity index is 938. The van der Waals surface area contributed by atoms with Gasteiger partial charge in [0, 0.05) is 23.7 Å². The van der Waals surface area contributed by atoms with Gasteiger partial charge in [-0.3, -0.25) is 9.52 Å². The van der Waals surface area contributed by atoms with E-state index >= 15 is 0 Å². The predicted octanol–water partition coefficient (Wildman–Crippen LogP) is 2.99. The number of ether oxygens (including phenoxy) is 1. The van der Waals surface area contributed by atoms with E-state index in [2.05, 4.69) is 4.72 Å². The SMILES string of the molecule is CSc1cc(S(=O)(=O)Nc2cccc(C)c2)ccc1C(=O)N1CCOCC1. The van der Waals surface area contributed by atoms with Gasteiger partial charge in [0.25, 0.3) is 15.9 Å². The van der Waals surface area contributed by atoms with Crippen LogP contribution < -0.4 is 4.72 Å². The number of aryl methyl sites for hydroxylation is 1. The number of rotatable bonds is 5. The van der Waals surface area contributed by atoms with Crippen molar-refractivity contribution in [3.8, 4) is 0 Å². The summed E-state index contributed by atoms with van der Waals surface area (Å²) in [5.41, 5.74) is 1.99. The molecule has 0 atom stereocenters. The molecule has 1 fully saturated rings. The maximum Gasteiger partial charge on any atom is 0.261 e. The normalized spacial score (nSPS) is 14.8. The summed E-state index contributed by atoms with van der Waals surface area (Å²) in [6, 6.07) is 11.8. The van der Waals surface area contributed by atoms with Crippen LogP contribution in [0.4, 0.5) is 5.69 Å². The lowest BCUT2D eigenvalue weighted by Crippen LogP contribution is -2.40. The van der Waals surface area contributed by atoms with Crippen molar-refractivity contribution in [1.29, 1.82) is 0 Å². The third kappa shape index (κ3) is 4.63. The first-order valence-electron chi connectivity index (χ1n) is 8.55. The van der Waals surface area contributed by atoms with Crippen LogP contribution in [0.25, 0.3) is 0 Å². The molecule has 144 valence electrons. The second-order valence-corrected chi connectivity index (χ2v) is 8.77. The fourth-order valence-corrected chi connectivity index (χ4v) is 4.64. The molecular weight excluding hydrogens is 384 g/mol. The zero-order chi connectivity index (χ0) is 19.4. The first kappa shape index (κ1) is 19.7. The third-order valence-electron chi connectivity index (χ3n) is 4.28. The molecule has 1 heterocycles. The molecule has 2 aromatic rings. The van der Waals surface area contributed by atoms with Crippen LogP contribution in [0.2, 0.25) is 0 Å². The van der Waals surface area contributed by atoms with Crippen molar-refractivity contribution in [2.24, 2.45) is 0 Å². The van der Waals surface area contributed by atoms with Crippen molar-refractivity contribution in [2.45, 2.75) is 16.7 Å². The smallest absolute Gasteiger partial charge is 0.261 e. The van der Waals surface area contributed by atoms with Gasteiger partial charge in [0.15, 0.2) is 0 Å². The Morgan fingerprint density at radius 2 is 1.89 bits per heavy atom. The lowest BCUT2D eigenvalue weighted by Gasteiger charge is -2.27. The molecule has 0 spiro atoms. The number of nitrogens with one attached hydrogen (secondary N) is 1. The van der Waals surface area contributed by atoms with Crippen molar-refractivity contribution in [3.63, 3.8) is 0 Å². The van der Waals surface area contributed by atoms with Crippen molar-refractivity contribution >= 4 is 33.4 Å². The van der Waals surface area contributed by atoms with Crippen LogP contribution >= 0.6 is 11.8 Å². The average Bonchev–Trinajstić information content (AvgIpc) is 2.67. The molecule has 1 aliphatic heterocycles. The van der Waals surface area contributed by atoms with Crippen LogP contribution in [-0.4, -0.2) is 51.8 Å². The maximum absolute atomic E-state index is 12.8. The summed E-state index contributed by atoms with van der Waals surface area (Å²) in [6.45, 7) is 4.03. The van der Waals surface area contributed by atoms with E-state index in [1.165, 1.54) is 17.8 Å². The standard InChI is InChI=1S/C19H22N2O4S2/c1-14-4-3-5-15(12-14)20-27(23,24)16-6-7-17(18(13-16)26-2)19(22)21-8-10-25-11-9-21/h3-7,12-13,20H,8-11H2,1-2H3. The largest absolute Gasteiger partial charge is 0.378 e. The number of nitrogens with zero attached hydrogens (tertiary/aromatic N) is 1. The van der Waals surface area contributed by atoms with Crippen LogP contribution in [0.3, 0.4) is 0 Å². The first-order chi connectivity index (χ1) is 12.9. The molecule has 27 heavy (non-hydrogen) atoms. The number of benzene rings is 2. The first-order valence-corrected chi connectivity index (χ1v) is 11.3. The highest BCUT2D eigenvalue weighted by Crippen LogP contribution is 2.27. The summed E-state index contributed by atoms with van der Waals surface area (Å²) in [7, 11) is -3.74. The molecule has 0 unspecified atom stereocenters. The molecule has 8 heteroatoms. The molecule has 1 saturated heterocycles. The van der Waals surface area contributed by atoms with Crippen molar-refractivity contribution in [2.75, 3.05) is 37.3 Å². The van der Waals surface area contributed by atoms with Crippen LogP contribution in [0.5, 0.6) is 0 Å². The molecule has 1 amide bonds. The van der Waals surface area contributed by atoms with Crippen LogP contribution in [-0.2, 0) is 14.8 Å². The van der Waals surface area contributed by atoms with E-state index in [0.717, 1.165) is 5.56 Å². The molecule has 0 bridgehead atoms. The number of amides is 1. The maximum atomic E-state index is 12.8. The van der Waals surface area contributed by atoms with Gasteiger partial charge >= 0.3 is 0 Å². The van der Waals surface area contributed by atoms with Crippen molar-refractivity contribution in [3.05, 3.63) is 53.6 Å². The number of hydrogen-bond donors (Lipinski definition) is 1. The Hall–Kier alpha value is -2.03. The Morgan fingerprint density at radius 3 is 2.56 bits per heavy atom. The van der Waals surface area contributed by atoms with Crippen LogP contribution in [0.1, 0.15) is 15.9 Å². The van der Waals surface area contributed by atoms with Gasteiger partial charge in [-0.25, -0.2) is 8.42 Å². The highest BCUT2D eigenvalue weighted by molar-refractivity contribution is 7.98. The second-order valence-electron chi connectivity index (χ2n) is 6.24. The predicted molar refractivity (Wildman–Crippen MR) is 107 cm³/mol. The summed E-state index contributed by atoms with van der Waals surface area (Å²) in [5.74, 6) is -0.0989. The van der Waals surface area contributed by atoms with Crippen molar-refractivity contribution < 1.29 is 17.9 Å². The Labute approximate surface area is 164 Å². The molecule has 3 rings (SSSR count). The quantitative estimate of drug-likeness (QED) is 0.773. The number of anilines is 1. The molecule has 0 aromatic heterocycles. The summed E-state index contributed by atoms with van der Waals surface area (Å²) in [4.78, 5) is 15.3. The van der Waals surface area contributed by atoms with Gasteiger partial charge in [-0.05, 0) is 49.1 Å². The minimum Gasteiger partial charge on any atom is -0.378 e. The Balaban J connectivity index is 1.87. The molecule has 0 aliphatic carbocycles. The van der Waals surface area contributed by atoms with E-state index < -0.39 is 10.0 Å². The highest BCUT2D eigenvalue weighted by Gasteiger charge is 2.23. The monoisotopic (exact) mass is 406 g/mol. The fourth-order valence-electron chi connectivity index (χ4n) is 2.87. The number of carbonyl (C=O) groups excluding carboxylic acids is 1. The zero-order valence-electron chi connectivity index (χ0n) is 15.3. The van der Waals surface area contributed by atoms with Gasteiger partial charge in [0.1, 0.15) is 0 Å². The molecule has 1 aliphatic rings. The number of morpholine rings is 1. The van der Waals surface area contributed by atoms with E-state index in [0.29, 0.717) is 42.4 Å². The summed E-state index contributed by atoms with van der Waals surface area (Å²) in [6.07, 6.45) is 1.83. The van der Waals surface area contributed by atoms with Gasteiger partial charge in [-0.15, -0.1) is 11.8 Å². The van der Waals surface area contributed by atoms with E-state index in [-0.39, 0.29) is 10.8 Å². The molecule has 1 N–H and O–H groups in total. The molecular formula is C19H22N2O4S2. The third-order valence-corrected chi connectivity index (χ3v) is 6.44. The lowest BCUT2D eigenvalue weighted by atomic mass is 10.2. The molecule has 2 aromatic carbocycles. The number of thioether (sulfide) groups is 1. The van der Waals surface area contributed by atoms with Gasteiger partial charge in [-0.2, -0.15) is 0 Å². The Morgan fingerprint density at radius 1 is 1.15 bits per heavy atom. The minimum absolute atomic E-state index is 0.0989. The molecule has 6 nitrogen and oxygen atoms in total. The lowest BCUT2D eigenvalue weighted by molar-refractivity contribution is 0.0300. The zero-order valence-corrected chi connectivity index (χ0v) is 16.9. The summed E-state index contributed by atoms with van der Waals surface area (Å²) < 4.78 is 33.3. The number of sulfonamides is 1. The van der Waals surface area contributed by atoms with E-state index in [9.17, 15) is 13.2 Å².